The summed E-state index contributed by atoms with van der Waals surface area (Å²) >= 11 is 0. The number of aryl methyl sites for hydroxylation is 2. The molecule has 0 aliphatic carbocycles. The average Bonchev–Trinajstić information content (AvgIpc) is 3.07. The van der Waals surface area contributed by atoms with E-state index < -0.39 is 0 Å². The number of nitrogens with zero attached hydrogens (tertiary/aromatic N) is 2. The van der Waals surface area contributed by atoms with Gasteiger partial charge in [0, 0.05) is 6.07 Å². The molecule has 3 rings (SSSR count). The standard InChI is InChI=1S/C19H20N2O4/c1-12-7-13(2)9-15(8-12)24-11-18-20-19(21-25-18)16-6-5-14(22-3)10-17(16)23-4/h5-10H,11H2,1-4H3. The van der Waals surface area contributed by atoms with Crippen molar-refractivity contribution in [2.24, 2.45) is 0 Å². The molecule has 25 heavy (non-hydrogen) atoms. The zero-order valence-corrected chi connectivity index (χ0v) is 14.7. The van der Waals surface area contributed by atoms with Crippen molar-refractivity contribution < 1.29 is 18.7 Å². The lowest BCUT2D eigenvalue weighted by molar-refractivity contribution is 0.242. The highest BCUT2D eigenvalue weighted by molar-refractivity contribution is 5.65. The molecule has 6 heteroatoms. The maximum absolute atomic E-state index is 5.75. The SMILES string of the molecule is COc1ccc(-c2noc(COc3cc(C)cc(C)c3)n2)c(OC)c1. The molecule has 0 amide bonds. The van der Waals surface area contributed by atoms with Gasteiger partial charge in [0.25, 0.3) is 5.89 Å². The molecule has 0 atom stereocenters. The molecule has 0 saturated heterocycles. The number of aromatic nitrogens is 2. The molecule has 0 spiro atoms. The van der Waals surface area contributed by atoms with Crippen molar-refractivity contribution in [1.82, 2.24) is 10.1 Å². The van der Waals surface area contributed by atoms with Gasteiger partial charge < -0.3 is 18.7 Å². The van der Waals surface area contributed by atoms with Crippen LogP contribution in [0.1, 0.15) is 17.0 Å². The van der Waals surface area contributed by atoms with Crippen LogP contribution in [-0.4, -0.2) is 24.4 Å². The second-order valence-corrected chi connectivity index (χ2v) is 5.69. The van der Waals surface area contributed by atoms with E-state index >= 15 is 0 Å². The van der Waals surface area contributed by atoms with Crippen molar-refractivity contribution in [2.75, 3.05) is 14.2 Å². The number of rotatable bonds is 6. The molecule has 0 radical (unpaired) electrons. The van der Waals surface area contributed by atoms with Crippen LogP contribution < -0.4 is 14.2 Å². The maximum Gasteiger partial charge on any atom is 0.264 e. The van der Waals surface area contributed by atoms with Crippen molar-refractivity contribution in [3.05, 3.63) is 53.4 Å². The van der Waals surface area contributed by atoms with Gasteiger partial charge in [0.05, 0.1) is 19.8 Å². The van der Waals surface area contributed by atoms with Gasteiger partial charge in [0.1, 0.15) is 17.2 Å². The van der Waals surface area contributed by atoms with Crippen LogP contribution in [0.25, 0.3) is 11.4 Å². The maximum atomic E-state index is 5.75. The Morgan fingerprint density at radius 1 is 0.920 bits per heavy atom. The molecule has 0 unspecified atom stereocenters. The Balaban J connectivity index is 1.76. The Labute approximate surface area is 146 Å². The molecule has 0 saturated carbocycles. The summed E-state index contributed by atoms with van der Waals surface area (Å²) in [6, 6.07) is 11.5. The van der Waals surface area contributed by atoms with Crippen LogP contribution in [0.4, 0.5) is 0 Å². The molecule has 2 aromatic carbocycles. The largest absolute Gasteiger partial charge is 0.497 e. The molecule has 0 N–H and O–H groups in total. The summed E-state index contributed by atoms with van der Waals surface area (Å²) in [5, 5.41) is 4.01. The van der Waals surface area contributed by atoms with E-state index in [1.807, 2.05) is 38.1 Å². The van der Waals surface area contributed by atoms with E-state index in [9.17, 15) is 0 Å². The predicted molar refractivity (Wildman–Crippen MR) is 93.1 cm³/mol. The first-order valence-electron chi connectivity index (χ1n) is 7.85. The summed E-state index contributed by atoms with van der Waals surface area (Å²) in [6.45, 7) is 4.26. The van der Waals surface area contributed by atoms with Gasteiger partial charge in [0.15, 0.2) is 6.61 Å². The van der Waals surface area contributed by atoms with Gasteiger partial charge in [-0.05, 0) is 49.2 Å². The van der Waals surface area contributed by atoms with Gasteiger partial charge in [-0.1, -0.05) is 11.2 Å². The van der Waals surface area contributed by atoms with E-state index in [4.69, 9.17) is 18.7 Å². The Kier molecular flexibility index (Phi) is 4.88. The molecule has 0 bridgehead atoms. The summed E-state index contributed by atoms with van der Waals surface area (Å²) in [6.07, 6.45) is 0. The summed E-state index contributed by atoms with van der Waals surface area (Å²) in [4.78, 5) is 4.38. The Hall–Kier alpha value is -3.02. The summed E-state index contributed by atoms with van der Waals surface area (Å²) < 4.78 is 21.6. The monoisotopic (exact) mass is 340 g/mol. The number of hydrogen-bond acceptors (Lipinski definition) is 6. The first kappa shape index (κ1) is 16.8. The molecule has 0 aliphatic heterocycles. The summed E-state index contributed by atoms with van der Waals surface area (Å²) in [5.74, 6) is 2.93. The van der Waals surface area contributed by atoms with Crippen molar-refractivity contribution in [2.45, 2.75) is 20.5 Å². The minimum absolute atomic E-state index is 0.203. The fraction of sp³-hybridized carbons (Fsp3) is 0.263. The third kappa shape index (κ3) is 3.91. The second-order valence-electron chi connectivity index (χ2n) is 5.69. The zero-order valence-electron chi connectivity index (χ0n) is 14.7. The first-order valence-corrected chi connectivity index (χ1v) is 7.85. The van der Waals surface area contributed by atoms with E-state index in [0.29, 0.717) is 23.2 Å². The van der Waals surface area contributed by atoms with E-state index in [1.54, 1.807) is 20.3 Å². The summed E-state index contributed by atoms with van der Waals surface area (Å²) in [5.41, 5.74) is 3.01. The highest BCUT2D eigenvalue weighted by Gasteiger charge is 2.14. The zero-order chi connectivity index (χ0) is 17.8. The van der Waals surface area contributed by atoms with Gasteiger partial charge in [0.2, 0.25) is 5.82 Å². The van der Waals surface area contributed by atoms with Crippen LogP contribution in [0.15, 0.2) is 40.9 Å². The van der Waals surface area contributed by atoms with Crippen LogP contribution in [0.2, 0.25) is 0 Å². The van der Waals surface area contributed by atoms with E-state index in [2.05, 4.69) is 16.2 Å². The first-order chi connectivity index (χ1) is 12.1. The molecule has 3 aromatic rings. The lowest BCUT2D eigenvalue weighted by Crippen LogP contribution is -1.97. The number of benzene rings is 2. The number of hydrogen-bond donors (Lipinski definition) is 0. The molecule has 1 heterocycles. The van der Waals surface area contributed by atoms with Crippen LogP contribution in [-0.2, 0) is 6.61 Å². The smallest absolute Gasteiger partial charge is 0.264 e. The number of methoxy groups -OCH3 is 2. The van der Waals surface area contributed by atoms with Crippen molar-refractivity contribution >= 4 is 0 Å². The van der Waals surface area contributed by atoms with Gasteiger partial charge in [-0.2, -0.15) is 4.98 Å². The Morgan fingerprint density at radius 3 is 2.36 bits per heavy atom. The van der Waals surface area contributed by atoms with Crippen molar-refractivity contribution in [3.63, 3.8) is 0 Å². The average molecular weight is 340 g/mol. The fourth-order valence-corrected chi connectivity index (χ4v) is 2.57. The molecule has 6 nitrogen and oxygen atoms in total. The second kappa shape index (κ2) is 7.25. The molecule has 1 aromatic heterocycles. The van der Waals surface area contributed by atoms with E-state index in [0.717, 1.165) is 22.4 Å². The van der Waals surface area contributed by atoms with Crippen LogP contribution in [0, 0.1) is 13.8 Å². The Morgan fingerprint density at radius 2 is 1.68 bits per heavy atom. The normalized spacial score (nSPS) is 10.6. The van der Waals surface area contributed by atoms with Crippen LogP contribution >= 0.6 is 0 Å². The van der Waals surface area contributed by atoms with Gasteiger partial charge in [-0.25, -0.2) is 0 Å². The van der Waals surface area contributed by atoms with Crippen molar-refractivity contribution in [3.8, 4) is 28.6 Å². The minimum Gasteiger partial charge on any atom is -0.497 e. The molecule has 0 aliphatic rings. The summed E-state index contributed by atoms with van der Waals surface area (Å²) in [7, 11) is 3.19. The van der Waals surface area contributed by atoms with Gasteiger partial charge in [-0.15, -0.1) is 0 Å². The molecular weight excluding hydrogens is 320 g/mol. The van der Waals surface area contributed by atoms with Gasteiger partial charge >= 0.3 is 0 Å². The van der Waals surface area contributed by atoms with Gasteiger partial charge in [-0.3, -0.25) is 0 Å². The van der Waals surface area contributed by atoms with E-state index in [1.165, 1.54) is 0 Å². The van der Waals surface area contributed by atoms with E-state index in [-0.39, 0.29) is 6.61 Å². The third-order valence-electron chi connectivity index (χ3n) is 3.68. The fourth-order valence-electron chi connectivity index (χ4n) is 2.57. The molecule has 130 valence electrons. The quantitative estimate of drug-likeness (QED) is 0.677. The lowest BCUT2D eigenvalue weighted by Gasteiger charge is -2.07. The Bertz CT molecular complexity index is 853. The topological polar surface area (TPSA) is 66.6 Å². The molecule has 0 fully saturated rings. The highest BCUT2D eigenvalue weighted by atomic mass is 16.5. The predicted octanol–water partition coefficient (Wildman–Crippen LogP) is 3.95. The highest BCUT2D eigenvalue weighted by Crippen LogP contribution is 2.31. The third-order valence-corrected chi connectivity index (χ3v) is 3.68. The van der Waals surface area contributed by atoms with Crippen molar-refractivity contribution in [1.29, 1.82) is 0 Å². The molecular formula is C19H20N2O4. The number of ether oxygens (including phenoxy) is 3. The van der Waals surface area contributed by atoms with Crippen LogP contribution in [0.5, 0.6) is 17.2 Å². The minimum atomic E-state index is 0.203. The van der Waals surface area contributed by atoms with Crippen LogP contribution in [0.3, 0.4) is 0 Å². The lowest BCUT2D eigenvalue weighted by atomic mass is 10.1.